The largest absolute Gasteiger partial charge is 0.373 e. The first kappa shape index (κ1) is 20.0. The first-order valence-electron chi connectivity index (χ1n) is 9.86. The summed E-state index contributed by atoms with van der Waals surface area (Å²) in [6.45, 7) is 3.68. The van der Waals surface area contributed by atoms with Gasteiger partial charge in [0.25, 0.3) is 0 Å². The third-order valence-corrected chi connectivity index (χ3v) is 6.03. The molecule has 0 radical (unpaired) electrons. The average molecular weight is 359 g/mol. The average Bonchev–Trinajstić information content (AvgIpc) is 2.91. The summed E-state index contributed by atoms with van der Waals surface area (Å²) >= 11 is 0. The Morgan fingerprint density at radius 1 is 1.17 bits per heavy atom. The molecule has 140 valence electrons. The van der Waals surface area contributed by atoms with E-state index in [1.807, 2.05) is 0 Å². The van der Waals surface area contributed by atoms with Crippen molar-refractivity contribution in [1.29, 1.82) is 0 Å². The number of nitrogens with one attached hydrogen (secondary N) is 2. The maximum absolute atomic E-state index is 12.4. The summed E-state index contributed by atoms with van der Waals surface area (Å²) < 4.78 is 6.18. The molecule has 3 fully saturated rings. The lowest BCUT2D eigenvalue weighted by Crippen LogP contribution is -2.47. The zero-order valence-electron chi connectivity index (χ0n) is 15.1. The van der Waals surface area contributed by atoms with Crippen molar-refractivity contribution in [3.63, 3.8) is 0 Å². The molecule has 2 atom stereocenters. The van der Waals surface area contributed by atoms with Gasteiger partial charge in [-0.3, -0.25) is 4.79 Å². The van der Waals surface area contributed by atoms with Gasteiger partial charge in [0, 0.05) is 31.7 Å². The van der Waals surface area contributed by atoms with Crippen LogP contribution in [0.5, 0.6) is 0 Å². The highest BCUT2D eigenvalue weighted by molar-refractivity contribution is 5.85. The molecule has 2 aliphatic heterocycles. The van der Waals surface area contributed by atoms with Gasteiger partial charge in [-0.25, -0.2) is 0 Å². The van der Waals surface area contributed by atoms with Crippen LogP contribution in [-0.2, 0) is 9.53 Å². The van der Waals surface area contributed by atoms with Crippen LogP contribution in [0.1, 0.15) is 77.6 Å². The normalized spacial score (nSPS) is 31.3. The van der Waals surface area contributed by atoms with Crippen molar-refractivity contribution in [3.8, 4) is 0 Å². The molecule has 3 rings (SSSR count). The highest BCUT2D eigenvalue weighted by atomic mass is 35.5. The van der Waals surface area contributed by atoms with Crippen LogP contribution in [0.3, 0.4) is 0 Å². The maximum Gasteiger partial charge on any atom is 0.220 e. The number of ether oxygens (including phenoxy) is 1. The minimum Gasteiger partial charge on any atom is -0.373 e. The fourth-order valence-electron chi connectivity index (χ4n) is 4.82. The molecular formula is C19H35ClN2O2. The number of carbonyl (C=O) groups excluding carboxylic acids is 1. The molecule has 2 bridgehead atoms. The summed E-state index contributed by atoms with van der Waals surface area (Å²) in [5.74, 6) is 0.814. The molecule has 1 aliphatic carbocycles. The van der Waals surface area contributed by atoms with Gasteiger partial charge in [0.2, 0.25) is 5.91 Å². The molecule has 2 unspecified atom stereocenters. The van der Waals surface area contributed by atoms with E-state index >= 15 is 0 Å². The lowest BCUT2D eigenvalue weighted by atomic mass is 9.84. The van der Waals surface area contributed by atoms with Gasteiger partial charge in [-0.15, -0.1) is 12.4 Å². The van der Waals surface area contributed by atoms with E-state index in [2.05, 4.69) is 17.6 Å². The Bertz CT molecular complexity index is 387. The predicted octanol–water partition coefficient (Wildman–Crippen LogP) is 3.57. The fourth-order valence-corrected chi connectivity index (χ4v) is 4.82. The Morgan fingerprint density at radius 2 is 1.83 bits per heavy atom. The zero-order valence-corrected chi connectivity index (χ0v) is 16.0. The van der Waals surface area contributed by atoms with Crippen LogP contribution in [0.2, 0.25) is 0 Å². The van der Waals surface area contributed by atoms with E-state index in [4.69, 9.17) is 4.74 Å². The van der Waals surface area contributed by atoms with E-state index in [9.17, 15) is 4.79 Å². The molecule has 1 amide bonds. The Hall–Kier alpha value is -0.320. The van der Waals surface area contributed by atoms with Gasteiger partial charge >= 0.3 is 0 Å². The molecule has 24 heavy (non-hydrogen) atoms. The lowest BCUT2D eigenvalue weighted by Gasteiger charge is -2.37. The predicted molar refractivity (Wildman–Crippen MR) is 99.6 cm³/mol. The van der Waals surface area contributed by atoms with Crippen molar-refractivity contribution >= 4 is 18.3 Å². The van der Waals surface area contributed by atoms with E-state index < -0.39 is 0 Å². The SMILES string of the molecule is CCCOC1(CNC(=O)CC2CC3CCC(C2)N3)CCCCC1.Cl. The number of hydrogen-bond acceptors (Lipinski definition) is 3. The van der Waals surface area contributed by atoms with Gasteiger partial charge in [-0.1, -0.05) is 26.2 Å². The molecule has 4 nitrogen and oxygen atoms in total. The first-order chi connectivity index (χ1) is 11.2. The lowest BCUT2D eigenvalue weighted by molar-refractivity contribution is -0.125. The van der Waals surface area contributed by atoms with Crippen molar-refractivity contribution in [3.05, 3.63) is 0 Å². The first-order valence-corrected chi connectivity index (χ1v) is 9.86. The number of piperidine rings is 1. The van der Waals surface area contributed by atoms with Gasteiger partial charge in [0.1, 0.15) is 0 Å². The van der Waals surface area contributed by atoms with E-state index in [1.165, 1.54) is 44.9 Å². The molecule has 5 heteroatoms. The van der Waals surface area contributed by atoms with Gasteiger partial charge in [-0.05, 0) is 50.9 Å². The number of halogens is 1. The fraction of sp³-hybridized carbons (Fsp3) is 0.947. The Kier molecular flexibility index (Phi) is 7.83. The molecule has 3 aliphatic rings. The molecule has 2 saturated heterocycles. The number of rotatable bonds is 7. The maximum atomic E-state index is 12.4. The van der Waals surface area contributed by atoms with E-state index in [0.717, 1.165) is 25.9 Å². The second-order valence-corrected chi connectivity index (χ2v) is 8.05. The van der Waals surface area contributed by atoms with Gasteiger partial charge < -0.3 is 15.4 Å². The number of fused-ring (bicyclic) bond motifs is 2. The van der Waals surface area contributed by atoms with Gasteiger partial charge in [0.05, 0.1) is 5.60 Å². The minimum absolute atomic E-state index is 0. The van der Waals surface area contributed by atoms with E-state index in [0.29, 0.717) is 31.0 Å². The van der Waals surface area contributed by atoms with Crippen LogP contribution in [-0.4, -0.2) is 36.7 Å². The highest BCUT2D eigenvalue weighted by Gasteiger charge is 2.36. The summed E-state index contributed by atoms with van der Waals surface area (Å²) in [7, 11) is 0. The number of carbonyl (C=O) groups is 1. The summed E-state index contributed by atoms with van der Waals surface area (Å²) in [6, 6.07) is 1.34. The number of amides is 1. The number of hydrogen-bond donors (Lipinski definition) is 2. The Labute approximate surface area is 153 Å². The summed E-state index contributed by atoms with van der Waals surface area (Å²) in [6.07, 6.45) is 12.7. The second kappa shape index (κ2) is 9.40. The van der Waals surface area contributed by atoms with Crippen molar-refractivity contribution in [2.24, 2.45) is 5.92 Å². The molecule has 0 spiro atoms. The molecule has 0 aromatic heterocycles. The van der Waals surface area contributed by atoms with Gasteiger partial charge in [-0.2, -0.15) is 0 Å². The molecule has 2 heterocycles. The smallest absolute Gasteiger partial charge is 0.220 e. The summed E-state index contributed by atoms with van der Waals surface area (Å²) in [4.78, 5) is 12.4. The highest BCUT2D eigenvalue weighted by Crippen LogP contribution is 2.33. The van der Waals surface area contributed by atoms with Crippen LogP contribution in [0.25, 0.3) is 0 Å². The minimum atomic E-state index is -0.0862. The monoisotopic (exact) mass is 358 g/mol. The third kappa shape index (κ3) is 5.34. The standard InChI is InChI=1S/C19H34N2O2.ClH/c1-2-10-23-19(8-4-3-5-9-19)14-20-18(22)13-15-11-16-6-7-17(12-15)21-16;/h15-17,21H,2-14H2,1H3,(H,20,22);1H. The second-order valence-electron chi connectivity index (χ2n) is 8.05. The van der Waals surface area contributed by atoms with Crippen molar-refractivity contribution in [1.82, 2.24) is 10.6 Å². The Morgan fingerprint density at radius 3 is 2.46 bits per heavy atom. The topological polar surface area (TPSA) is 50.4 Å². The molecular weight excluding hydrogens is 324 g/mol. The molecule has 2 N–H and O–H groups in total. The van der Waals surface area contributed by atoms with Gasteiger partial charge in [0.15, 0.2) is 0 Å². The van der Waals surface area contributed by atoms with Crippen LogP contribution >= 0.6 is 12.4 Å². The van der Waals surface area contributed by atoms with Crippen LogP contribution < -0.4 is 10.6 Å². The van der Waals surface area contributed by atoms with Crippen LogP contribution in [0.15, 0.2) is 0 Å². The van der Waals surface area contributed by atoms with E-state index in [1.54, 1.807) is 0 Å². The van der Waals surface area contributed by atoms with E-state index in [-0.39, 0.29) is 23.9 Å². The van der Waals surface area contributed by atoms with Crippen molar-refractivity contribution < 1.29 is 9.53 Å². The summed E-state index contributed by atoms with van der Waals surface area (Å²) in [5, 5.41) is 6.87. The van der Waals surface area contributed by atoms with Crippen LogP contribution in [0.4, 0.5) is 0 Å². The summed E-state index contributed by atoms with van der Waals surface area (Å²) in [5.41, 5.74) is -0.0862. The van der Waals surface area contributed by atoms with Crippen molar-refractivity contribution in [2.45, 2.75) is 95.2 Å². The third-order valence-electron chi connectivity index (χ3n) is 6.03. The van der Waals surface area contributed by atoms with Crippen molar-refractivity contribution in [2.75, 3.05) is 13.2 Å². The van der Waals surface area contributed by atoms with Crippen LogP contribution in [0, 0.1) is 5.92 Å². The molecule has 1 saturated carbocycles. The molecule has 0 aromatic carbocycles. The quantitative estimate of drug-likeness (QED) is 0.731. The molecule has 0 aromatic rings. The Balaban J connectivity index is 0.00000208. The zero-order chi connectivity index (χ0) is 16.1.